The molecule has 0 aliphatic carbocycles. The topological polar surface area (TPSA) is 80.3 Å². The van der Waals surface area contributed by atoms with E-state index < -0.39 is 11.9 Å². The maximum Gasteiger partial charge on any atom is 0.0681 e. The minimum atomic E-state index is -1.49. The van der Waals surface area contributed by atoms with E-state index in [0.717, 1.165) is 0 Å². The van der Waals surface area contributed by atoms with E-state index in [1.165, 1.54) is 38.5 Å². The van der Waals surface area contributed by atoms with Crippen molar-refractivity contribution in [1.29, 1.82) is 0 Å². The summed E-state index contributed by atoms with van der Waals surface area (Å²) in [6, 6.07) is 17.6. The Kier molecular flexibility index (Phi) is 17.8. The quantitative estimate of drug-likeness (QED) is 0.159. The van der Waals surface area contributed by atoms with Gasteiger partial charge in [0.25, 0.3) is 0 Å². The Labute approximate surface area is 222 Å². The van der Waals surface area contributed by atoms with Crippen LogP contribution in [-0.4, -0.2) is 33.1 Å². The van der Waals surface area contributed by atoms with E-state index in [-0.39, 0.29) is 45.1 Å². The molecule has 0 N–H and O–H groups in total. The van der Waals surface area contributed by atoms with Gasteiger partial charge in [-0.25, -0.2) is 0 Å². The molecular formula is C30H40O4Sn. The summed E-state index contributed by atoms with van der Waals surface area (Å²) in [5.74, 6) is -2.97. The first-order valence-electron chi connectivity index (χ1n) is 12.9. The van der Waals surface area contributed by atoms with Gasteiger partial charge >= 0.3 is 95.2 Å². The fourth-order valence-corrected chi connectivity index (χ4v) is 7.25. The molecule has 0 spiro atoms. The van der Waals surface area contributed by atoms with Crippen LogP contribution in [0.5, 0.6) is 0 Å². The van der Waals surface area contributed by atoms with Crippen LogP contribution in [0.25, 0.3) is 0 Å². The molecule has 4 nitrogen and oxygen atoms in total. The third kappa shape index (κ3) is 14.8. The van der Waals surface area contributed by atoms with Crippen LogP contribution in [0.4, 0.5) is 0 Å². The van der Waals surface area contributed by atoms with Crippen molar-refractivity contribution in [3.8, 4) is 0 Å². The SMILES string of the molecule is CCCCC[CH2][Sn+2][CH2]CCCCC.O=C([O-])C(Cc1ccccc1)=C(Cc1ccccc1)C(=O)[O-]. The first-order chi connectivity index (χ1) is 17.0. The molecule has 5 heteroatoms. The molecule has 0 heterocycles. The average Bonchev–Trinajstić information content (AvgIpc) is 2.86. The minimum Gasteiger partial charge on any atom is -0.545 e. The Morgan fingerprint density at radius 2 is 0.971 bits per heavy atom. The van der Waals surface area contributed by atoms with Gasteiger partial charge < -0.3 is 19.8 Å². The van der Waals surface area contributed by atoms with E-state index in [0.29, 0.717) is 11.1 Å². The van der Waals surface area contributed by atoms with Gasteiger partial charge in [-0.05, 0) is 35.1 Å². The van der Waals surface area contributed by atoms with Crippen LogP contribution in [0, 0.1) is 0 Å². The predicted molar refractivity (Wildman–Crippen MR) is 141 cm³/mol. The number of rotatable bonds is 16. The molecule has 0 saturated carbocycles. The van der Waals surface area contributed by atoms with E-state index in [9.17, 15) is 19.8 Å². The van der Waals surface area contributed by atoms with E-state index in [1.807, 2.05) is 0 Å². The van der Waals surface area contributed by atoms with Crippen LogP contribution < -0.4 is 10.2 Å². The molecule has 0 bridgehead atoms. The van der Waals surface area contributed by atoms with Crippen molar-refractivity contribution in [1.82, 2.24) is 0 Å². The largest absolute Gasteiger partial charge is 0.545 e. The summed E-state index contributed by atoms with van der Waals surface area (Å²) < 4.78 is 3.30. The Morgan fingerprint density at radius 3 is 1.29 bits per heavy atom. The van der Waals surface area contributed by atoms with Crippen LogP contribution >= 0.6 is 0 Å². The molecule has 35 heavy (non-hydrogen) atoms. The second kappa shape index (κ2) is 20.1. The normalized spacial score (nSPS) is 11.0. The van der Waals surface area contributed by atoms with Crippen LogP contribution in [0.15, 0.2) is 71.8 Å². The minimum absolute atomic E-state index is 0.0146. The molecule has 0 radical (unpaired) electrons. The number of aliphatic carboxylic acids is 2. The maximum atomic E-state index is 11.4. The van der Waals surface area contributed by atoms with Crippen molar-refractivity contribution in [2.75, 3.05) is 0 Å². The number of benzene rings is 2. The summed E-state index contributed by atoms with van der Waals surface area (Å²) in [4.78, 5) is 22.8. The van der Waals surface area contributed by atoms with Gasteiger partial charge in [-0.3, -0.25) is 0 Å². The number of carboxylic acid groups (broad SMARTS) is 2. The summed E-state index contributed by atoms with van der Waals surface area (Å²) in [5.41, 5.74) is 0.895. The smallest absolute Gasteiger partial charge is 0.0681 e. The number of carbonyl (C=O) groups is 2. The van der Waals surface area contributed by atoms with Crippen molar-refractivity contribution < 1.29 is 19.8 Å². The van der Waals surface area contributed by atoms with Crippen molar-refractivity contribution in [3.05, 3.63) is 82.9 Å². The second-order valence-electron chi connectivity index (χ2n) is 8.73. The molecule has 0 amide bonds. The third-order valence-corrected chi connectivity index (χ3v) is 9.76. The number of unbranched alkanes of at least 4 members (excludes halogenated alkanes) is 6. The second-order valence-corrected chi connectivity index (χ2v) is 13.0. The van der Waals surface area contributed by atoms with Gasteiger partial charge in [0.05, 0.1) is 11.9 Å². The molecule has 0 aliphatic rings. The number of carboxylic acids is 2. The summed E-state index contributed by atoms with van der Waals surface area (Å²) in [6.07, 6.45) is 11.8. The van der Waals surface area contributed by atoms with Crippen LogP contribution in [0.3, 0.4) is 0 Å². The Balaban J connectivity index is 0.000000405. The molecule has 2 aromatic carbocycles. The summed E-state index contributed by atoms with van der Waals surface area (Å²) in [6.45, 7) is 4.59. The van der Waals surface area contributed by atoms with Gasteiger partial charge in [0.15, 0.2) is 0 Å². The van der Waals surface area contributed by atoms with E-state index in [2.05, 4.69) is 13.8 Å². The molecule has 0 atom stereocenters. The van der Waals surface area contributed by atoms with Gasteiger partial charge in [-0.15, -0.1) is 0 Å². The molecule has 0 unspecified atom stereocenters. The monoisotopic (exact) mass is 584 g/mol. The zero-order chi connectivity index (χ0) is 25.7. The number of carbonyl (C=O) groups excluding carboxylic acids is 2. The standard InChI is InChI=1S/C18H16O4.2C6H13.Sn/c19-17(20)15(11-13-7-3-1-4-8-13)16(18(21)22)12-14-9-5-2-6-10-14;2*1-3-5-6-4-2;/h1-10H,11-12H2,(H,19,20)(H,21,22);2*1,3-6H2,2H3;/q;;;+2/p-2. The van der Waals surface area contributed by atoms with E-state index in [4.69, 9.17) is 0 Å². The summed E-state index contributed by atoms with van der Waals surface area (Å²) >= 11 is 0.104. The van der Waals surface area contributed by atoms with Gasteiger partial charge in [0, 0.05) is 0 Å². The van der Waals surface area contributed by atoms with Gasteiger partial charge in [-0.1, -0.05) is 60.7 Å². The first kappa shape index (κ1) is 30.9. The average molecular weight is 583 g/mol. The van der Waals surface area contributed by atoms with Crippen molar-refractivity contribution in [2.45, 2.75) is 86.9 Å². The molecule has 2 aromatic rings. The van der Waals surface area contributed by atoms with E-state index >= 15 is 0 Å². The van der Waals surface area contributed by atoms with Crippen molar-refractivity contribution in [2.24, 2.45) is 0 Å². The fourth-order valence-electron chi connectivity index (χ4n) is 3.68. The molecule has 0 fully saturated rings. The Bertz CT molecular complexity index is 791. The molecule has 0 aromatic heterocycles. The van der Waals surface area contributed by atoms with E-state index in [1.54, 1.807) is 82.4 Å². The van der Waals surface area contributed by atoms with Crippen molar-refractivity contribution >= 4 is 33.1 Å². The van der Waals surface area contributed by atoms with Gasteiger partial charge in [-0.2, -0.15) is 0 Å². The zero-order valence-electron chi connectivity index (χ0n) is 21.4. The predicted octanol–water partition coefficient (Wildman–Crippen LogP) is 4.96. The Morgan fingerprint density at radius 1 is 0.600 bits per heavy atom. The summed E-state index contributed by atoms with van der Waals surface area (Å²) in [7, 11) is 0. The molecule has 188 valence electrons. The molecule has 0 aliphatic heterocycles. The van der Waals surface area contributed by atoms with Crippen LogP contribution in [0.2, 0.25) is 8.87 Å². The fraction of sp³-hybridized carbons (Fsp3) is 0.467. The molecule has 2 rings (SSSR count). The molecule has 0 saturated heterocycles. The Hall–Kier alpha value is -2.08. The zero-order valence-corrected chi connectivity index (χ0v) is 24.2. The van der Waals surface area contributed by atoms with Gasteiger partial charge in [0.1, 0.15) is 0 Å². The number of hydrogen-bond acceptors (Lipinski definition) is 4. The molecular weight excluding hydrogens is 543 g/mol. The number of hydrogen-bond donors (Lipinski definition) is 0. The van der Waals surface area contributed by atoms with Crippen LogP contribution in [0.1, 0.15) is 76.3 Å². The van der Waals surface area contributed by atoms with Gasteiger partial charge in [0.2, 0.25) is 0 Å². The summed E-state index contributed by atoms with van der Waals surface area (Å²) in [5, 5.41) is 22.8. The first-order valence-corrected chi connectivity index (χ1v) is 17.0. The third-order valence-electron chi connectivity index (χ3n) is 5.72. The maximum absolute atomic E-state index is 11.4. The van der Waals surface area contributed by atoms with Crippen molar-refractivity contribution in [3.63, 3.8) is 0 Å². The van der Waals surface area contributed by atoms with Crippen LogP contribution in [-0.2, 0) is 22.4 Å².